The van der Waals surface area contributed by atoms with Gasteiger partial charge in [0, 0.05) is 24.2 Å². The molecule has 2 heterocycles. The third-order valence-corrected chi connectivity index (χ3v) is 1.97. The zero-order valence-corrected chi connectivity index (χ0v) is 8.16. The molecule has 0 aliphatic carbocycles. The van der Waals surface area contributed by atoms with Crippen molar-refractivity contribution >= 4 is 11.8 Å². The lowest BCUT2D eigenvalue weighted by Crippen LogP contribution is -2.06. The van der Waals surface area contributed by atoms with Crippen LogP contribution in [0.15, 0.2) is 30.7 Å². The van der Waals surface area contributed by atoms with Gasteiger partial charge in [0.1, 0.15) is 11.4 Å². The predicted molar refractivity (Wildman–Crippen MR) is 56.6 cm³/mol. The van der Waals surface area contributed by atoms with Crippen molar-refractivity contribution in [3.8, 4) is 11.4 Å². The van der Waals surface area contributed by atoms with Crippen LogP contribution in [0.4, 0.5) is 5.82 Å². The molecule has 0 aliphatic rings. The summed E-state index contributed by atoms with van der Waals surface area (Å²) in [4.78, 5) is 22.4. The van der Waals surface area contributed by atoms with Crippen LogP contribution in [-0.4, -0.2) is 26.0 Å². The van der Waals surface area contributed by atoms with E-state index in [-0.39, 0.29) is 11.4 Å². The number of carboxylic acid groups (broad SMARTS) is 1. The standard InChI is InChI=1S/C10H8N4O2/c11-8-7(10(15)16)5-13-9(14-8)6-2-1-3-12-4-6/h1-5H,(H,15,16)(H2,11,13,14). The van der Waals surface area contributed by atoms with Gasteiger partial charge in [-0.2, -0.15) is 0 Å². The number of aromatic carboxylic acids is 1. The van der Waals surface area contributed by atoms with Crippen molar-refractivity contribution in [3.63, 3.8) is 0 Å². The van der Waals surface area contributed by atoms with Gasteiger partial charge in [-0.3, -0.25) is 4.98 Å². The Morgan fingerprint density at radius 3 is 2.75 bits per heavy atom. The number of aromatic nitrogens is 3. The van der Waals surface area contributed by atoms with Crippen LogP contribution in [-0.2, 0) is 0 Å². The number of nitrogens with two attached hydrogens (primary N) is 1. The number of hydrogen-bond donors (Lipinski definition) is 2. The van der Waals surface area contributed by atoms with Crippen LogP contribution >= 0.6 is 0 Å². The summed E-state index contributed by atoms with van der Waals surface area (Å²) in [6.07, 6.45) is 4.39. The maximum absolute atomic E-state index is 10.7. The average molecular weight is 216 g/mol. The summed E-state index contributed by atoms with van der Waals surface area (Å²) in [5.41, 5.74) is 6.09. The summed E-state index contributed by atoms with van der Waals surface area (Å²) in [5, 5.41) is 8.75. The number of carboxylic acids is 1. The molecule has 6 nitrogen and oxygen atoms in total. The third kappa shape index (κ3) is 1.81. The summed E-state index contributed by atoms with van der Waals surface area (Å²) >= 11 is 0. The number of nitrogen functional groups attached to an aromatic ring is 1. The molecule has 0 radical (unpaired) electrons. The average Bonchev–Trinajstić information content (AvgIpc) is 2.29. The molecule has 2 aromatic rings. The highest BCUT2D eigenvalue weighted by molar-refractivity contribution is 5.92. The van der Waals surface area contributed by atoms with E-state index in [2.05, 4.69) is 15.0 Å². The van der Waals surface area contributed by atoms with Crippen molar-refractivity contribution in [3.05, 3.63) is 36.3 Å². The van der Waals surface area contributed by atoms with Crippen molar-refractivity contribution < 1.29 is 9.90 Å². The molecular formula is C10H8N4O2. The lowest BCUT2D eigenvalue weighted by atomic mass is 10.2. The van der Waals surface area contributed by atoms with E-state index in [0.717, 1.165) is 0 Å². The van der Waals surface area contributed by atoms with E-state index in [0.29, 0.717) is 11.4 Å². The first-order valence-corrected chi connectivity index (χ1v) is 4.44. The molecule has 0 fully saturated rings. The van der Waals surface area contributed by atoms with Gasteiger partial charge in [-0.1, -0.05) is 0 Å². The zero-order valence-electron chi connectivity index (χ0n) is 8.16. The first-order chi connectivity index (χ1) is 7.68. The lowest BCUT2D eigenvalue weighted by Gasteiger charge is -2.02. The number of hydrogen-bond acceptors (Lipinski definition) is 5. The van der Waals surface area contributed by atoms with Gasteiger partial charge < -0.3 is 10.8 Å². The Morgan fingerprint density at radius 1 is 1.38 bits per heavy atom. The van der Waals surface area contributed by atoms with Gasteiger partial charge in [0.25, 0.3) is 0 Å². The van der Waals surface area contributed by atoms with Crippen molar-refractivity contribution in [1.82, 2.24) is 15.0 Å². The van der Waals surface area contributed by atoms with Crippen LogP contribution < -0.4 is 5.73 Å². The van der Waals surface area contributed by atoms with Gasteiger partial charge in [0.15, 0.2) is 5.82 Å². The van der Waals surface area contributed by atoms with Crippen molar-refractivity contribution in [2.24, 2.45) is 0 Å². The molecule has 3 N–H and O–H groups in total. The van der Waals surface area contributed by atoms with Crippen LogP contribution in [0.3, 0.4) is 0 Å². The Bertz CT molecular complexity index is 528. The first-order valence-electron chi connectivity index (χ1n) is 4.44. The summed E-state index contributed by atoms with van der Waals surface area (Å²) in [7, 11) is 0. The smallest absolute Gasteiger partial charge is 0.341 e. The summed E-state index contributed by atoms with van der Waals surface area (Å²) in [6, 6.07) is 3.50. The molecule has 0 aliphatic heterocycles. The molecule has 0 aromatic carbocycles. The molecule has 0 saturated heterocycles. The number of pyridine rings is 1. The Labute approximate surface area is 90.8 Å². The molecule has 6 heteroatoms. The highest BCUT2D eigenvalue weighted by Crippen LogP contribution is 2.16. The maximum Gasteiger partial charge on any atom is 0.341 e. The van der Waals surface area contributed by atoms with Gasteiger partial charge in [0.05, 0.1) is 0 Å². The fourth-order valence-corrected chi connectivity index (χ4v) is 1.19. The van der Waals surface area contributed by atoms with Crippen LogP contribution in [0.5, 0.6) is 0 Å². The molecule has 2 rings (SSSR count). The highest BCUT2D eigenvalue weighted by Gasteiger charge is 2.11. The van der Waals surface area contributed by atoms with E-state index in [1.807, 2.05) is 0 Å². The van der Waals surface area contributed by atoms with Gasteiger partial charge in [0.2, 0.25) is 0 Å². The summed E-state index contributed by atoms with van der Waals surface area (Å²) in [5.74, 6) is -0.841. The van der Waals surface area contributed by atoms with Gasteiger partial charge in [-0.05, 0) is 12.1 Å². The molecule has 0 saturated carbocycles. The normalized spacial score (nSPS) is 10.0. The molecule has 0 spiro atoms. The minimum atomic E-state index is -1.14. The summed E-state index contributed by atoms with van der Waals surface area (Å²) < 4.78 is 0. The molecule has 0 bridgehead atoms. The van der Waals surface area contributed by atoms with Crippen LogP contribution in [0.25, 0.3) is 11.4 Å². The Hall–Kier alpha value is -2.50. The summed E-state index contributed by atoms with van der Waals surface area (Å²) in [6.45, 7) is 0. The number of anilines is 1. The molecule has 0 atom stereocenters. The van der Waals surface area contributed by atoms with Crippen LogP contribution in [0.1, 0.15) is 10.4 Å². The lowest BCUT2D eigenvalue weighted by molar-refractivity contribution is 0.0697. The van der Waals surface area contributed by atoms with Gasteiger partial charge >= 0.3 is 5.97 Å². The van der Waals surface area contributed by atoms with Gasteiger partial charge in [-0.15, -0.1) is 0 Å². The van der Waals surface area contributed by atoms with Crippen LogP contribution in [0, 0.1) is 0 Å². The molecular weight excluding hydrogens is 208 g/mol. The maximum atomic E-state index is 10.7. The quantitative estimate of drug-likeness (QED) is 0.770. The van der Waals surface area contributed by atoms with E-state index in [1.54, 1.807) is 24.5 Å². The fraction of sp³-hybridized carbons (Fsp3) is 0. The second-order valence-electron chi connectivity index (χ2n) is 3.04. The van der Waals surface area contributed by atoms with Gasteiger partial charge in [-0.25, -0.2) is 14.8 Å². The SMILES string of the molecule is Nc1nc(-c2cccnc2)ncc1C(=O)O. The second kappa shape index (κ2) is 3.93. The van der Waals surface area contributed by atoms with E-state index in [9.17, 15) is 4.79 Å². The molecule has 80 valence electrons. The first kappa shape index (κ1) is 10.0. The Morgan fingerprint density at radius 2 is 2.19 bits per heavy atom. The fourth-order valence-electron chi connectivity index (χ4n) is 1.19. The van der Waals surface area contributed by atoms with Crippen molar-refractivity contribution in [1.29, 1.82) is 0 Å². The van der Waals surface area contributed by atoms with E-state index >= 15 is 0 Å². The molecule has 0 unspecified atom stereocenters. The highest BCUT2D eigenvalue weighted by atomic mass is 16.4. The number of carbonyl (C=O) groups is 1. The van der Waals surface area contributed by atoms with E-state index in [4.69, 9.17) is 10.8 Å². The monoisotopic (exact) mass is 216 g/mol. The minimum Gasteiger partial charge on any atom is -0.477 e. The molecule has 2 aromatic heterocycles. The Balaban J connectivity index is 2.46. The second-order valence-corrected chi connectivity index (χ2v) is 3.04. The van der Waals surface area contributed by atoms with E-state index in [1.165, 1.54) is 6.20 Å². The van der Waals surface area contributed by atoms with Crippen molar-refractivity contribution in [2.75, 3.05) is 5.73 Å². The third-order valence-electron chi connectivity index (χ3n) is 1.97. The largest absolute Gasteiger partial charge is 0.477 e. The molecule has 16 heavy (non-hydrogen) atoms. The predicted octanol–water partition coefficient (Wildman–Crippen LogP) is 0.819. The molecule has 0 amide bonds. The Kier molecular flexibility index (Phi) is 2.47. The number of nitrogens with zero attached hydrogens (tertiary/aromatic N) is 3. The topological polar surface area (TPSA) is 102 Å². The minimum absolute atomic E-state index is 0.0543. The van der Waals surface area contributed by atoms with Crippen LogP contribution in [0.2, 0.25) is 0 Å². The number of rotatable bonds is 2. The zero-order chi connectivity index (χ0) is 11.5. The van der Waals surface area contributed by atoms with E-state index < -0.39 is 5.97 Å². The van der Waals surface area contributed by atoms with Crippen molar-refractivity contribution in [2.45, 2.75) is 0 Å².